The molecule has 0 spiro atoms. The largest absolute Gasteiger partial charge is 0.486 e. The van der Waals surface area contributed by atoms with Gasteiger partial charge in [-0.2, -0.15) is 0 Å². The number of hydrogen-bond donors (Lipinski definition) is 2. The van der Waals surface area contributed by atoms with Crippen LogP contribution >= 0.6 is 11.6 Å². The van der Waals surface area contributed by atoms with Gasteiger partial charge < -0.3 is 20.1 Å². The van der Waals surface area contributed by atoms with Gasteiger partial charge in [0.05, 0.1) is 0 Å². The van der Waals surface area contributed by atoms with Crippen LogP contribution in [-0.2, 0) is 0 Å². The van der Waals surface area contributed by atoms with Gasteiger partial charge in [-0.05, 0) is 36.8 Å². The van der Waals surface area contributed by atoms with Crippen LogP contribution in [0, 0.1) is 6.92 Å². The Kier molecular flexibility index (Phi) is 4.99. The minimum atomic E-state index is -0.349. The molecule has 0 radical (unpaired) electrons. The second-order valence-corrected chi connectivity index (χ2v) is 6.55. The number of hydrogen-bond acceptors (Lipinski definition) is 6. The van der Waals surface area contributed by atoms with E-state index in [1.54, 1.807) is 24.3 Å². The number of anilines is 3. The highest BCUT2D eigenvalue weighted by Crippen LogP contribution is 2.33. The first-order valence-corrected chi connectivity index (χ1v) is 9.03. The first-order chi connectivity index (χ1) is 13.6. The van der Waals surface area contributed by atoms with Gasteiger partial charge in [0.2, 0.25) is 0 Å². The van der Waals surface area contributed by atoms with E-state index in [1.807, 2.05) is 25.1 Å². The van der Waals surface area contributed by atoms with Crippen LogP contribution in [0.15, 0.2) is 48.8 Å². The summed E-state index contributed by atoms with van der Waals surface area (Å²) in [6, 6.07) is 12.4. The standard InChI is InChI=1S/C20H17ClN4O3/c1-12-14(21)3-2-4-15(12)25-20(26)16-10-19(23-11-22-16)24-13-5-6-17-18(9-13)28-8-7-27-17/h2-6,9-11H,7-8H2,1H3,(H,25,26)(H,22,23,24). The van der Waals surface area contributed by atoms with Crippen molar-refractivity contribution in [3.63, 3.8) is 0 Å². The molecule has 142 valence electrons. The Morgan fingerprint density at radius 3 is 2.75 bits per heavy atom. The summed E-state index contributed by atoms with van der Waals surface area (Å²) in [6.45, 7) is 2.89. The highest BCUT2D eigenvalue weighted by atomic mass is 35.5. The van der Waals surface area contributed by atoms with Crippen molar-refractivity contribution in [1.29, 1.82) is 0 Å². The van der Waals surface area contributed by atoms with Crippen molar-refractivity contribution < 1.29 is 14.3 Å². The molecular formula is C20H17ClN4O3. The van der Waals surface area contributed by atoms with E-state index in [2.05, 4.69) is 20.6 Å². The van der Waals surface area contributed by atoms with Crippen molar-refractivity contribution in [3.05, 3.63) is 65.1 Å². The zero-order chi connectivity index (χ0) is 19.5. The maximum Gasteiger partial charge on any atom is 0.274 e. The molecule has 1 aromatic heterocycles. The molecule has 1 aliphatic rings. The lowest BCUT2D eigenvalue weighted by atomic mass is 10.2. The highest BCUT2D eigenvalue weighted by Gasteiger charge is 2.14. The molecular weight excluding hydrogens is 380 g/mol. The van der Waals surface area contributed by atoms with Gasteiger partial charge in [-0.15, -0.1) is 0 Å². The zero-order valence-electron chi connectivity index (χ0n) is 15.0. The van der Waals surface area contributed by atoms with Crippen LogP contribution in [-0.4, -0.2) is 29.1 Å². The number of fused-ring (bicyclic) bond motifs is 1. The fourth-order valence-electron chi connectivity index (χ4n) is 2.75. The van der Waals surface area contributed by atoms with Crippen molar-refractivity contribution >= 4 is 34.7 Å². The lowest BCUT2D eigenvalue weighted by Crippen LogP contribution is -2.15. The molecule has 2 N–H and O–H groups in total. The van der Waals surface area contributed by atoms with Crippen LogP contribution < -0.4 is 20.1 Å². The van der Waals surface area contributed by atoms with Gasteiger partial charge in [0.25, 0.3) is 5.91 Å². The van der Waals surface area contributed by atoms with Gasteiger partial charge in [-0.3, -0.25) is 4.79 Å². The number of aromatic nitrogens is 2. The minimum Gasteiger partial charge on any atom is -0.486 e. The topological polar surface area (TPSA) is 85.4 Å². The smallest absolute Gasteiger partial charge is 0.274 e. The summed E-state index contributed by atoms with van der Waals surface area (Å²) in [5.74, 6) is 1.51. The maximum atomic E-state index is 12.6. The van der Waals surface area contributed by atoms with Crippen molar-refractivity contribution in [2.45, 2.75) is 6.92 Å². The van der Waals surface area contributed by atoms with Crippen molar-refractivity contribution in [2.24, 2.45) is 0 Å². The van der Waals surface area contributed by atoms with Gasteiger partial charge in [0, 0.05) is 28.5 Å². The molecule has 0 aliphatic carbocycles. The number of amides is 1. The number of carbonyl (C=O) groups excluding carboxylic acids is 1. The molecule has 2 aromatic carbocycles. The van der Waals surface area contributed by atoms with Crippen LogP contribution in [0.5, 0.6) is 11.5 Å². The van der Waals surface area contributed by atoms with E-state index in [9.17, 15) is 4.79 Å². The third kappa shape index (κ3) is 3.84. The average molecular weight is 397 g/mol. The number of halogens is 1. The Morgan fingerprint density at radius 2 is 1.89 bits per heavy atom. The Morgan fingerprint density at radius 1 is 1.07 bits per heavy atom. The molecule has 0 saturated heterocycles. The molecule has 28 heavy (non-hydrogen) atoms. The average Bonchev–Trinajstić information content (AvgIpc) is 2.71. The van der Waals surface area contributed by atoms with Gasteiger partial charge in [0.1, 0.15) is 31.1 Å². The predicted molar refractivity (Wildman–Crippen MR) is 107 cm³/mol. The monoisotopic (exact) mass is 396 g/mol. The summed E-state index contributed by atoms with van der Waals surface area (Å²) in [7, 11) is 0. The van der Waals surface area contributed by atoms with Crippen LogP contribution in [0.25, 0.3) is 0 Å². The molecule has 0 saturated carbocycles. The van der Waals surface area contributed by atoms with Gasteiger partial charge in [0.15, 0.2) is 11.5 Å². The summed E-state index contributed by atoms with van der Waals surface area (Å²) < 4.78 is 11.1. The summed E-state index contributed by atoms with van der Waals surface area (Å²) in [4.78, 5) is 20.8. The van der Waals surface area contributed by atoms with Crippen molar-refractivity contribution in [3.8, 4) is 11.5 Å². The SMILES string of the molecule is Cc1c(Cl)cccc1NC(=O)c1cc(Nc2ccc3c(c2)OCCO3)ncn1. The Labute approximate surface area is 166 Å². The van der Waals surface area contributed by atoms with Gasteiger partial charge in [-0.1, -0.05) is 17.7 Å². The second kappa shape index (κ2) is 7.74. The molecule has 7 nitrogen and oxygen atoms in total. The molecule has 4 rings (SSSR count). The van der Waals surface area contributed by atoms with E-state index in [-0.39, 0.29) is 11.6 Å². The Bertz CT molecular complexity index is 1040. The molecule has 1 amide bonds. The summed E-state index contributed by atoms with van der Waals surface area (Å²) in [6.07, 6.45) is 1.33. The number of nitrogens with one attached hydrogen (secondary N) is 2. The molecule has 0 atom stereocenters. The molecule has 0 bridgehead atoms. The van der Waals surface area contributed by atoms with Gasteiger partial charge in [-0.25, -0.2) is 9.97 Å². The summed E-state index contributed by atoms with van der Waals surface area (Å²) in [5.41, 5.74) is 2.42. The van der Waals surface area contributed by atoms with Crippen LogP contribution in [0.4, 0.5) is 17.2 Å². The first kappa shape index (κ1) is 18.1. The van der Waals surface area contributed by atoms with Crippen molar-refractivity contribution in [1.82, 2.24) is 9.97 Å². The second-order valence-electron chi connectivity index (χ2n) is 6.14. The molecule has 3 aromatic rings. The minimum absolute atomic E-state index is 0.231. The highest BCUT2D eigenvalue weighted by molar-refractivity contribution is 6.31. The fourth-order valence-corrected chi connectivity index (χ4v) is 2.92. The normalized spacial score (nSPS) is 12.4. The third-order valence-corrected chi connectivity index (χ3v) is 4.64. The van der Waals surface area contributed by atoms with E-state index in [0.29, 0.717) is 41.2 Å². The quantitative estimate of drug-likeness (QED) is 0.687. The Hall–Kier alpha value is -3.32. The van der Waals surface area contributed by atoms with Crippen LogP contribution in [0.3, 0.4) is 0 Å². The van der Waals surface area contributed by atoms with E-state index < -0.39 is 0 Å². The van der Waals surface area contributed by atoms with Crippen LogP contribution in [0.1, 0.15) is 16.1 Å². The number of rotatable bonds is 4. The fraction of sp³-hybridized carbons (Fsp3) is 0.150. The number of ether oxygens (including phenoxy) is 2. The maximum absolute atomic E-state index is 12.6. The van der Waals surface area contributed by atoms with Gasteiger partial charge >= 0.3 is 0 Å². The lowest BCUT2D eigenvalue weighted by molar-refractivity contribution is 0.102. The molecule has 1 aliphatic heterocycles. The molecule has 2 heterocycles. The summed E-state index contributed by atoms with van der Waals surface area (Å²) in [5, 5.41) is 6.55. The van der Waals surface area contributed by atoms with Crippen molar-refractivity contribution in [2.75, 3.05) is 23.8 Å². The van der Waals surface area contributed by atoms with E-state index >= 15 is 0 Å². The zero-order valence-corrected chi connectivity index (χ0v) is 15.8. The van der Waals surface area contributed by atoms with Crippen LogP contribution in [0.2, 0.25) is 5.02 Å². The molecule has 8 heteroatoms. The number of nitrogens with zero attached hydrogens (tertiary/aromatic N) is 2. The van der Waals surface area contributed by atoms with E-state index in [0.717, 1.165) is 11.3 Å². The number of carbonyl (C=O) groups is 1. The predicted octanol–water partition coefficient (Wildman–Crippen LogP) is 4.21. The Balaban J connectivity index is 1.51. The van der Waals surface area contributed by atoms with E-state index in [4.69, 9.17) is 21.1 Å². The number of benzene rings is 2. The molecule has 0 unspecified atom stereocenters. The third-order valence-electron chi connectivity index (χ3n) is 4.23. The summed E-state index contributed by atoms with van der Waals surface area (Å²) >= 11 is 6.10. The van der Waals surface area contributed by atoms with E-state index in [1.165, 1.54) is 6.33 Å². The molecule has 0 fully saturated rings. The lowest BCUT2D eigenvalue weighted by Gasteiger charge is -2.19. The first-order valence-electron chi connectivity index (χ1n) is 8.65.